The van der Waals surface area contributed by atoms with Crippen LogP contribution in [0.15, 0.2) is 71.6 Å². The maximum Gasteiger partial charge on any atom is 0.238 e. The summed E-state index contributed by atoms with van der Waals surface area (Å²) in [5, 5.41) is 5.92. The SMILES string of the molecule is Cc1cc(C2=C(c3ccc(S(N)(=O)=O)cc3)Oc3ccccc3C2)ccc1Cl. The highest BCUT2D eigenvalue weighted by Crippen LogP contribution is 2.39. The molecular weight excluding hydrogens is 394 g/mol. The van der Waals surface area contributed by atoms with Gasteiger partial charge in [0.1, 0.15) is 11.5 Å². The van der Waals surface area contributed by atoms with Crippen LogP contribution in [0, 0.1) is 6.92 Å². The number of aryl methyl sites for hydroxylation is 1. The highest BCUT2D eigenvalue weighted by atomic mass is 35.5. The summed E-state index contributed by atoms with van der Waals surface area (Å²) in [5.74, 6) is 1.49. The predicted molar refractivity (Wildman–Crippen MR) is 112 cm³/mol. The first-order valence-corrected chi connectivity index (χ1v) is 10.6. The first-order valence-electron chi connectivity index (χ1n) is 8.71. The summed E-state index contributed by atoms with van der Waals surface area (Å²) in [6, 6.07) is 20.2. The van der Waals surface area contributed by atoms with Gasteiger partial charge in [0.2, 0.25) is 10.0 Å². The molecule has 0 saturated carbocycles. The molecule has 1 aliphatic heterocycles. The highest BCUT2D eigenvalue weighted by Gasteiger charge is 2.23. The van der Waals surface area contributed by atoms with E-state index in [1.54, 1.807) is 12.1 Å². The Morgan fingerprint density at radius 2 is 1.64 bits per heavy atom. The van der Waals surface area contributed by atoms with Crippen molar-refractivity contribution in [2.75, 3.05) is 0 Å². The lowest BCUT2D eigenvalue weighted by Gasteiger charge is -2.24. The number of fused-ring (bicyclic) bond motifs is 1. The lowest BCUT2D eigenvalue weighted by molar-refractivity contribution is 0.502. The standard InChI is InChI=1S/C22H18ClNO3S/c1-14-12-16(8-11-20(14)23)19-13-17-4-2-3-5-21(17)27-22(19)15-6-9-18(10-7-15)28(24,25)26/h2-12H,13H2,1H3,(H2,24,25,26). The number of hydrogen-bond donors (Lipinski definition) is 1. The summed E-state index contributed by atoms with van der Waals surface area (Å²) < 4.78 is 29.4. The Morgan fingerprint density at radius 1 is 0.964 bits per heavy atom. The molecule has 0 spiro atoms. The molecule has 0 saturated heterocycles. The van der Waals surface area contributed by atoms with E-state index in [-0.39, 0.29) is 4.90 Å². The van der Waals surface area contributed by atoms with Gasteiger partial charge in [-0.1, -0.05) is 41.9 Å². The van der Waals surface area contributed by atoms with Crippen molar-refractivity contribution in [3.05, 3.63) is 94.0 Å². The van der Waals surface area contributed by atoms with E-state index in [1.807, 2.05) is 49.4 Å². The molecule has 2 N–H and O–H groups in total. The fourth-order valence-electron chi connectivity index (χ4n) is 3.29. The van der Waals surface area contributed by atoms with Crippen LogP contribution in [0.4, 0.5) is 0 Å². The van der Waals surface area contributed by atoms with E-state index >= 15 is 0 Å². The number of primary sulfonamides is 1. The number of benzene rings is 3. The highest BCUT2D eigenvalue weighted by molar-refractivity contribution is 7.89. The molecule has 0 atom stereocenters. The van der Waals surface area contributed by atoms with Crippen LogP contribution in [-0.4, -0.2) is 8.42 Å². The van der Waals surface area contributed by atoms with Crippen molar-refractivity contribution in [2.24, 2.45) is 5.14 Å². The van der Waals surface area contributed by atoms with E-state index in [2.05, 4.69) is 0 Å². The van der Waals surface area contributed by atoms with Crippen molar-refractivity contribution in [1.82, 2.24) is 0 Å². The summed E-state index contributed by atoms with van der Waals surface area (Å²) in [4.78, 5) is 0.0666. The summed E-state index contributed by atoms with van der Waals surface area (Å²) in [5.41, 5.74) is 4.89. The Hall–Kier alpha value is -2.60. The van der Waals surface area contributed by atoms with Crippen molar-refractivity contribution < 1.29 is 13.2 Å². The van der Waals surface area contributed by atoms with Crippen LogP contribution >= 0.6 is 11.6 Å². The molecule has 3 aromatic rings. The molecule has 1 aliphatic rings. The molecule has 3 aromatic carbocycles. The van der Waals surface area contributed by atoms with Gasteiger partial charge in [0.25, 0.3) is 0 Å². The van der Waals surface area contributed by atoms with Crippen molar-refractivity contribution >= 4 is 33.0 Å². The second-order valence-electron chi connectivity index (χ2n) is 6.73. The average Bonchev–Trinajstić information content (AvgIpc) is 2.68. The zero-order valence-corrected chi connectivity index (χ0v) is 16.7. The van der Waals surface area contributed by atoms with Crippen LogP contribution in [0.25, 0.3) is 11.3 Å². The van der Waals surface area contributed by atoms with Crippen LogP contribution < -0.4 is 9.88 Å². The van der Waals surface area contributed by atoms with Gasteiger partial charge >= 0.3 is 0 Å². The van der Waals surface area contributed by atoms with Gasteiger partial charge in [-0.3, -0.25) is 0 Å². The fourth-order valence-corrected chi connectivity index (χ4v) is 3.92. The second kappa shape index (κ2) is 7.09. The predicted octanol–water partition coefficient (Wildman–Crippen LogP) is 4.80. The van der Waals surface area contributed by atoms with Crippen LogP contribution in [0.2, 0.25) is 5.02 Å². The zero-order chi connectivity index (χ0) is 19.9. The lowest BCUT2D eigenvalue weighted by atomic mass is 9.91. The van der Waals surface area contributed by atoms with E-state index < -0.39 is 10.0 Å². The number of sulfonamides is 1. The maximum atomic E-state index is 11.6. The van der Waals surface area contributed by atoms with E-state index in [9.17, 15) is 8.42 Å². The van der Waals surface area contributed by atoms with Crippen molar-refractivity contribution in [3.8, 4) is 5.75 Å². The van der Waals surface area contributed by atoms with E-state index in [0.717, 1.165) is 33.6 Å². The van der Waals surface area contributed by atoms with Gasteiger partial charge in [-0.25, -0.2) is 13.6 Å². The summed E-state index contributed by atoms with van der Waals surface area (Å²) in [7, 11) is -3.75. The Bertz CT molecular complexity index is 1200. The largest absolute Gasteiger partial charge is 0.456 e. The van der Waals surface area contributed by atoms with Gasteiger partial charge in [0.05, 0.1) is 4.90 Å². The summed E-state index contributed by atoms with van der Waals surface area (Å²) >= 11 is 6.20. The third-order valence-electron chi connectivity index (χ3n) is 4.78. The quantitative estimate of drug-likeness (QED) is 0.673. The number of ether oxygens (including phenoxy) is 1. The molecule has 4 rings (SSSR count). The molecule has 0 amide bonds. The van der Waals surface area contributed by atoms with Gasteiger partial charge < -0.3 is 4.74 Å². The molecule has 0 fully saturated rings. The summed E-state index contributed by atoms with van der Waals surface area (Å²) in [6.07, 6.45) is 0.698. The molecule has 28 heavy (non-hydrogen) atoms. The molecule has 1 heterocycles. The number of rotatable bonds is 3. The number of para-hydroxylation sites is 1. The molecule has 0 aliphatic carbocycles. The minimum absolute atomic E-state index is 0.0666. The summed E-state index contributed by atoms with van der Waals surface area (Å²) in [6.45, 7) is 1.96. The van der Waals surface area contributed by atoms with Crippen LogP contribution in [0.3, 0.4) is 0 Å². The molecule has 0 bridgehead atoms. The first kappa shape index (κ1) is 18.7. The normalized spacial score (nSPS) is 13.8. The van der Waals surface area contributed by atoms with Crippen LogP contribution in [0.5, 0.6) is 5.75 Å². The minimum atomic E-state index is -3.75. The fraction of sp³-hybridized carbons (Fsp3) is 0.0909. The first-order chi connectivity index (χ1) is 13.3. The molecule has 0 aromatic heterocycles. The smallest absolute Gasteiger partial charge is 0.238 e. The van der Waals surface area contributed by atoms with Gasteiger partial charge in [-0.2, -0.15) is 0 Å². The molecular formula is C22H18ClNO3S. The molecule has 6 heteroatoms. The average molecular weight is 412 g/mol. The second-order valence-corrected chi connectivity index (χ2v) is 8.70. The monoisotopic (exact) mass is 411 g/mol. The third kappa shape index (κ3) is 3.56. The Morgan fingerprint density at radius 3 is 2.32 bits per heavy atom. The molecule has 4 nitrogen and oxygen atoms in total. The van der Waals surface area contributed by atoms with Crippen LogP contribution in [-0.2, 0) is 16.4 Å². The number of nitrogens with two attached hydrogens (primary N) is 1. The van der Waals surface area contributed by atoms with E-state index in [1.165, 1.54) is 12.1 Å². The minimum Gasteiger partial charge on any atom is -0.456 e. The van der Waals surface area contributed by atoms with E-state index in [0.29, 0.717) is 17.2 Å². The third-order valence-corrected chi connectivity index (χ3v) is 6.13. The number of hydrogen-bond acceptors (Lipinski definition) is 3. The van der Waals surface area contributed by atoms with Gasteiger partial charge in [0.15, 0.2) is 0 Å². The van der Waals surface area contributed by atoms with Gasteiger partial charge in [-0.15, -0.1) is 0 Å². The Balaban J connectivity index is 1.87. The van der Waals surface area contributed by atoms with Crippen LogP contribution in [0.1, 0.15) is 22.3 Å². The van der Waals surface area contributed by atoms with Gasteiger partial charge in [-0.05, 0) is 60.0 Å². The van der Waals surface area contributed by atoms with Crippen molar-refractivity contribution in [3.63, 3.8) is 0 Å². The Kier molecular flexibility index (Phi) is 4.75. The zero-order valence-electron chi connectivity index (χ0n) is 15.1. The van der Waals surface area contributed by atoms with Gasteiger partial charge in [0, 0.05) is 22.6 Å². The Labute approximate surface area is 169 Å². The topological polar surface area (TPSA) is 69.4 Å². The molecule has 0 unspecified atom stereocenters. The number of allylic oxidation sites excluding steroid dienone is 1. The molecule has 142 valence electrons. The van der Waals surface area contributed by atoms with E-state index in [4.69, 9.17) is 21.5 Å². The molecule has 0 radical (unpaired) electrons. The maximum absolute atomic E-state index is 11.6. The lowest BCUT2D eigenvalue weighted by Crippen LogP contribution is -2.13. The number of halogens is 1. The van der Waals surface area contributed by atoms with Crippen molar-refractivity contribution in [2.45, 2.75) is 18.2 Å². The van der Waals surface area contributed by atoms with Crippen molar-refractivity contribution in [1.29, 1.82) is 0 Å².